The molecular weight excluding hydrogens is 174 g/mol. The molecule has 2 unspecified atom stereocenters. The fraction of sp³-hybridized carbons (Fsp3) is 1.00. The number of hydrogen-bond acceptors (Lipinski definition) is 3. The Kier molecular flexibility index (Phi) is 7.75. The van der Waals surface area contributed by atoms with Gasteiger partial charge in [0.15, 0.2) is 0 Å². The first-order chi connectivity index (χ1) is 5.70. The van der Waals surface area contributed by atoms with E-state index in [4.69, 9.17) is 5.11 Å². The lowest BCUT2D eigenvalue weighted by atomic mass is 10.3. The van der Waals surface area contributed by atoms with Gasteiger partial charge >= 0.3 is 0 Å². The van der Waals surface area contributed by atoms with E-state index in [1.54, 1.807) is 0 Å². The van der Waals surface area contributed by atoms with Crippen LogP contribution in [-0.2, 0) is 10.8 Å². The summed E-state index contributed by atoms with van der Waals surface area (Å²) in [6.07, 6.45) is 0.504. The second-order valence-electron chi connectivity index (χ2n) is 2.70. The molecule has 2 N–H and O–H groups in total. The Balaban J connectivity index is 3.15. The zero-order valence-electron chi connectivity index (χ0n) is 7.88. The van der Waals surface area contributed by atoms with E-state index in [9.17, 15) is 4.21 Å². The minimum absolute atomic E-state index is 0.264. The van der Waals surface area contributed by atoms with Gasteiger partial charge in [-0.15, -0.1) is 0 Å². The number of aliphatic hydroxyl groups is 1. The number of rotatable bonds is 7. The van der Waals surface area contributed by atoms with Crippen LogP contribution in [0.4, 0.5) is 0 Å². The second-order valence-corrected chi connectivity index (χ2v) is 4.56. The van der Waals surface area contributed by atoms with Crippen molar-refractivity contribution in [1.29, 1.82) is 0 Å². The zero-order valence-corrected chi connectivity index (χ0v) is 8.69. The van der Waals surface area contributed by atoms with E-state index in [0.717, 1.165) is 18.7 Å². The highest BCUT2D eigenvalue weighted by Crippen LogP contribution is 1.86. The Morgan fingerprint density at radius 2 is 2.17 bits per heavy atom. The van der Waals surface area contributed by atoms with Crippen LogP contribution in [0.25, 0.3) is 0 Å². The first-order valence-electron chi connectivity index (χ1n) is 4.44. The molecule has 0 fully saturated rings. The number of nitrogens with one attached hydrogen (secondary N) is 1. The molecule has 0 radical (unpaired) electrons. The molecule has 0 heterocycles. The summed E-state index contributed by atoms with van der Waals surface area (Å²) in [7, 11) is -0.688. The van der Waals surface area contributed by atoms with Crippen LogP contribution in [-0.4, -0.2) is 40.0 Å². The van der Waals surface area contributed by atoms with Gasteiger partial charge in [-0.3, -0.25) is 4.21 Å². The molecule has 0 amide bonds. The van der Waals surface area contributed by atoms with Crippen molar-refractivity contribution in [3.63, 3.8) is 0 Å². The van der Waals surface area contributed by atoms with Crippen molar-refractivity contribution in [3.8, 4) is 0 Å². The van der Waals surface area contributed by atoms with Gasteiger partial charge in [-0.25, -0.2) is 0 Å². The molecule has 0 aliphatic rings. The fourth-order valence-corrected chi connectivity index (χ4v) is 1.40. The van der Waals surface area contributed by atoms with Gasteiger partial charge < -0.3 is 10.4 Å². The first kappa shape index (κ1) is 12.1. The van der Waals surface area contributed by atoms with E-state index < -0.39 is 10.8 Å². The van der Waals surface area contributed by atoms with E-state index in [2.05, 4.69) is 5.32 Å². The van der Waals surface area contributed by atoms with Crippen molar-refractivity contribution in [3.05, 3.63) is 0 Å². The van der Waals surface area contributed by atoms with E-state index in [-0.39, 0.29) is 6.10 Å². The normalized spacial score (nSPS) is 15.9. The maximum atomic E-state index is 10.9. The molecule has 12 heavy (non-hydrogen) atoms. The standard InChI is InChI=1S/C8H19NO2S/c1-3-8(10)7-9-5-6-12(11)4-2/h8-10H,3-7H2,1-2H3. The predicted octanol–water partition coefficient (Wildman–Crippen LogP) is 0.115. The van der Waals surface area contributed by atoms with Crippen molar-refractivity contribution < 1.29 is 9.32 Å². The Labute approximate surface area is 77.0 Å². The van der Waals surface area contributed by atoms with Crippen LogP contribution in [0, 0.1) is 0 Å². The fourth-order valence-electron chi connectivity index (χ4n) is 0.743. The third-order valence-corrected chi connectivity index (χ3v) is 2.98. The molecule has 4 heteroatoms. The molecule has 0 aromatic rings. The van der Waals surface area contributed by atoms with E-state index in [0.29, 0.717) is 12.3 Å². The Morgan fingerprint density at radius 1 is 1.50 bits per heavy atom. The van der Waals surface area contributed by atoms with Gasteiger partial charge in [0.05, 0.1) is 6.10 Å². The van der Waals surface area contributed by atoms with Crippen LogP contribution in [0.2, 0.25) is 0 Å². The van der Waals surface area contributed by atoms with Crippen LogP contribution >= 0.6 is 0 Å². The number of hydrogen-bond donors (Lipinski definition) is 2. The van der Waals surface area contributed by atoms with Gasteiger partial charge in [0.2, 0.25) is 0 Å². The van der Waals surface area contributed by atoms with Gasteiger partial charge in [0.25, 0.3) is 0 Å². The molecule has 0 aliphatic heterocycles. The van der Waals surface area contributed by atoms with Crippen molar-refractivity contribution in [2.45, 2.75) is 26.4 Å². The molecule has 74 valence electrons. The molecule has 0 spiro atoms. The van der Waals surface area contributed by atoms with Crippen molar-refractivity contribution in [1.82, 2.24) is 5.32 Å². The van der Waals surface area contributed by atoms with Gasteiger partial charge in [-0.1, -0.05) is 13.8 Å². The molecule has 0 rings (SSSR count). The van der Waals surface area contributed by atoms with Crippen LogP contribution in [0.1, 0.15) is 20.3 Å². The zero-order chi connectivity index (χ0) is 9.40. The van der Waals surface area contributed by atoms with Crippen LogP contribution in [0.15, 0.2) is 0 Å². The average Bonchev–Trinajstić information content (AvgIpc) is 2.11. The first-order valence-corrected chi connectivity index (χ1v) is 5.93. The minimum Gasteiger partial charge on any atom is -0.392 e. The second kappa shape index (κ2) is 7.71. The third-order valence-electron chi connectivity index (χ3n) is 1.68. The lowest BCUT2D eigenvalue weighted by molar-refractivity contribution is 0.168. The summed E-state index contributed by atoms with van der Waals surface area (Å²) in [6.45, 7) is 5.20. The Morgan fingerprint density at radius 3 is 2.67 bits per heavy atom. The largest absolute Gasteiger partial charge is 0.392 e. The summed E-state index contributed by atoms with van der Waals surface area (Å²) < 4.78 is 10.9. The topological polar surface area (TPSA) is 49.3 Å². The molecule has 0 aliphatic carbocycles. The van der Waals surface area contributed by atoms with E-state index in [1.807, 2.05) is 13.8 Å². The molecule has 0 aromatic heterocycles. The van der Waals surface area contributed by atoms with E-state index >= 15 is 0 Å². The van der Waals surface area contributed by atoms with Crippen LogP contribution < -0.4 is 5.32 Å². The highest BCUT2D eigenvalue weighted by molar-refractivity contribution is 7.84. The average molecular weight is 193 g/mol. The van der Waals surface area contributed by atoms with Gasteiger partial charge in [-0.2, -0.15) is 0 Å². The van der Waals surface area contributed by atoms with Crippen molar-refractivity contribution in [2.75, 3.05) is 24.6 Å². The highest BCUT2D eigenvalue weighted by atomic mass is 32.2. The Bertz CT molecular complexity index is 130. The molecule has 0 bridgehead atoms. The summed E-state index contributed by atoms with van der Waals surface area (Å²) in [5.74, 6) is 1.41. The maximum Gasteiger partial charge on any atom is 0.0662 e. The SMILES string of the molecule is CCC(O)CNCCS(=O)CC. The summed E-state index contributed by atoms with van der Waals surface area (Å²) in [4.78, 5) is 0. The molecule has 3 nitrogen and oxygen atoms in total. The number of aliphatic hydroxyl groups excluding tert-OH is 1. The molecule has 0 saturated heterocycles. The van der Waals surface area contributed by atoms with Gasteiger partial charge in [-0.05, 0) is 6.42 Å². The molecule has 2 atom stereocenters. The van der Waals surface area contributed by atoms with E-state index in [1.165, 1.54) is 0 Å². The molecule has 0 saturated carbocycles. The van der Waals surface area contributed by atoms with Crippen LogP contribution in [0.3, 0.4) is 0 Å². The van der Waals surface area contributed by atoms with Crippen molar-refractivity contribution >= 4 is 10.8 Å². The quantitative estimate of drug-likeness (QED) is 0.564. The minimum atomic E-state index is -0.688. The summed E-state index contributed by atoms with van der Waals surface area (Å²) in [5.41, 5.74) is 0. The Hall–Kier alpha value is 0.0700. The molecule has 0 aromatic carbocycles. The highest BCUT2D eigenvalue weighted by Gasteiger charge is 1.99. The maximum absolute atomic E-state index is 10.9. The van der Waals surface area contributed by atoms with Crippen LogP contribution in [0.5, 0.6) is 0 Å². The van der Waals surface area contributed by atoms with Gasteiger partial charge in [0.1, 0.15) is 0 Å². The molecular formula is C8H19NO2S. The lowest BCUT2D eigenvalue weighted by Crippen LogP contribution is -2.29. The van der Waals surface area contributed by atoms with Gasteiger partial charge in [0, 0.05) is 35.4 Å². The lowest BCUT2D eigenvalue weighted by Gasteiger charge is -2.08. The summed E-state index contributed by atoms with van der Waals surface area (Å²) >= 11 is 0. The predicted molar refractivity (Wildman–Crippen MR) is 52.7 cm³/mol. The smallest absolute Gasteiger partial charge is 0.0662 e. The third kappa shape index (κ3) is 6.76. The summed E-state index contributed by atoms with van der Waals surface area (Å²) in [5, 5.41) is 12.2. The summed E-state index contributed by atoms with van der Waals surface area (Å²) in [6, 6.07) is 0. The van der Waals surface area contributed by atoms with Crippen molar-refractivity contribution in [2.24, 2.45) is 0 Å². The monoisotopic (exact) mass is 193 g/mol.